The normalized spacial score (nSPS) is 11.9. The first kappa shape index (κ1) is 26.6. The fourth-order valence-corrected chi connectivity index (χ4v) is 7.01. The second-order valence-electron chi connectivity index (χ2n) is 8.84. The summed E-state index contributed by atoms with van der Waals surface area (Å²) in [7, 11) is -2.24. The van der Waals surface area contributed by atoms with Crippen LogP contribution in [0.4, 0.5) is 0 Å². The second-order valence-corrected chi connectivity index (χ2v) is 13.5. The van der Waals surface area contributed by atoms with E-state index < -0.39 is 8.25 Å². The average molecular weight is 783 g/mol. The van der Waals surface area contributed by atoms with Crippen molar-refractivity contribution in [1.29, 1.82) is 0 Å². The minimum atomic E-state index is -2.24. The second kappa shape index (κ2) is 11.1. The molecule has 0 aliphatic carbocycles. The Morgan fingerprint density at radius 1 is 0.526 bits per heavy atom. The maximum Gasteiger partial charge on any atom is 0.697 e. The van der Waals surface area contributed by atoms with Crippen molar-refractivity contribution in [1.82, 2.24) is 9.13 Å². The summed E-state index contributed by atoms with van der Waals surface area (Å²) >= 11 is 14.3. The molecule has 0 aliphatic heterocycles. The molecule has 0 unspecified atom stereocenters. The van der Waals surface area contributed by atoms with Gasteiger partial charge < -0.3 is 9.13 Å². The molecular formula is C28H20Br4N2O3P+. The van der Waals surface area contributed by atoms with Crippen LogP contribution in [0.25, 0.3) is 43.6 Å². The summed E-state index contributed by atoms with van der Waals surface area (Å²) in [4.78, 5) is 0. The number of halogens is 4. The molecular weight excluding hydrogens is 763 g/mol. The van der Waals surface area contributed by atoms with Gasteiger partial charge in [-0.25, -0.2) is 0 Å². The molecule has 0 aliphatic rings. The van der Waals surface area contributed by atoms with Crippen LogP contribution in [-0.4, -0.2) is 22.3 Å². The average Bonchev–Trinajstić information content (AvgIpc) is 3.35. The van der Waals surface area contributed by atoms with Gasteiger partial charge in [0.1, 0.15) is 13.2 Å². The van der Waals surface area contributed by atoms with E-state index in [0.29, 0.717) is 13.1 Å². The maximum atomic E-state index is 12.6. The Balaban J connectivity index is 1.14. The third-order valence-corrected chi connectivity index (χ3v) is 9.36. The first-order valence-corrected chi connectivity index (χ1v) is 16.1. The summed E-state index contributed by atoms with van der Waals surface area (Å²) in [5.74, 6) is 0. The Kier molecular flexibility index (Phi) is 7.80. The number of fused-ring (bicyclic) bond motifs is 6. The van der Waals surface area contributed by atoms with Gasteiger partial charge in [-0.15, -0.1) is 9.05 Å². The molecule has 0 N–H and O–H groups in total. The number of nitrogens with zero attached hydrogens (tertiary/aromatic N) is 2. The van der Waals surface area contributed by atoms with Crippen molar-refractivity contribution in [2.24, 2.45) is 0 Å². The van der Waals surface area contributed by atoms with Crippen LogP contribution < -0.4 is 0 Å². The van der Waals surface area contributed by atoms with Gasteiger partial charge in [0, 0.05) is 66.1 Å². The van der Waals surface area contributed by atoms with Crippen molar-refractivity contribution in [2.45, 2.75) is 13.1 Å². The zero-order valence-corrected chi connectivity index (χ0v) is 27.1. The monoisotopic (exact) mass is 779 g/mol. The van der Waals surface area contributed by atoms with Crippen molar-refractivity contribution < 1.29 is 13.6 Å². The van der Waals surface area contributed by atoms with E-state index in [0.717, 1.165) is 61.5 Å². The number of rotatable bonds is 8. The van der Waals surface area contributed by atoms with Gasteiger partial charge in [-0.1, -0.05) is 63.7 Å². The number of hydrogen-bond donors (Lipinski definition) is 0. The zero-order chi connectivity index (χ0) is 26.4. The quantitative estimate of drug-likeness (QED) is 0.145. The van der Waals surface area contributed by atoms with Gasteiger partial charge in [0.15, 0.2) is 0 Å². The van der Waals surface area contributed by atoms with Crippen molar-refractivity contribution in [3.63, 3.8) is 0 Å². The molecule has 2 aromatic heterocycles. The standard InChI is InChI=1S/C28H20Br4N2O3P/c29-17-1-5-25-21(13-17)22-14-18(30)2-6-26(22)33(25)9-11-36-38(35)37-12-10-34-27-7-3-19(31)15-23(27)24-16-20(32)4-8-28(24)34/h1-8,13-16H,9-12H2/q+1. The third kappa shape index (κ3) is 5.15. The van der Waals surface area contributed by atoms with E-state index in [2.05, 4.69) is 121 Å². The van der Waals surface area contributed by atoms with Crippen molar-refractivity contribution in [2.75, 3.05) is 13.2 Å². The minimum Gasteiger partial charge on any atom is -0.338 e. The van der Waals surface area contributed by atoms with Gasteiger partial charge in [-0.3, -0.25) is 0 Å². The van der Waals surface area contributed by atoms with E-state index in [1.54, 1.807) is 0 Å². The van der Waals surface area contributed by atoms with Gasteiger partial charge in [0.25, 0.3) is 0 Å². The molecule has 192 valence electrons. The summed E-state index contributed by atoms with van der Waals surface area (Å²) < 4.78 is 32.3. The summed E-state index contributed by atoms with van der Waals surface area (Å²) in [6.45, 7) is 1.67. The van der Waals surface area contributed by atoms with Gasteiger partial charge in [-0.2, -0.15) is 0 Å². The van der Waals surface area contributed by atoms with Crippen LogP contribution >= 0.6 is 72.0 Å². The molecule has 4 aromatic carbocycles. The number of hydrogen-bond acceptors (Lipinski definition) is 3. The molecule has 6 aromatic rings. The first-order chi connectivity index (χ1) is 18.4. The van der Waals surface area contributed by atoms with E-state index >= 15 is 0 Å². The lowest BCUT2D eigenvalue weighted by Crippen LogP contribution is -2.05. The molecule has 5 nitrogen and oxygen atoms in total. The molecule has 0 fully saturated rings. The van der Waals surface area contributed by atoms with Crippen LogP contribution in [0.5, 0.6) is 0 Å². The third-order valence-electron chi connectivity index (χ3n) is 6.60. The largest absolute Gasteiger partial charge is 0.697 e. The SMILES string of the molecule is O=[P+](OCCn1c2ccc(Br)cc2c2cc(Br)ccc21)OCCn1c2ccc(Br)cc2c2cc(Br)ccc21. The molecule has 0 atom stereocenters. The zero-order valence-electron chi connectivity index (χ0n) is 19.8. The summed E-state index contributed by atoms with van der Waals surface area (Å²) in [5, 5.41) is 4.62. The van der Waals surface area contributed by atoms with Crippen LogP contribution in [-0.2, 0) is 26.7 Å². The van der Waals surface area contributed by atoms with E-state index in [9.17, 15) is 4.57 Å². The van der Waals surface area contributed by atoms with Crippen molar-refractivity contribution >= 4 is 116 Å². The molecule has 0 spiro atoms. The Morgan fingerprint density at radius 3 is 1.11 bits per heavy atom. The Morgan fingerprint density at radius 2 is 0.816 bits per heavy atom. The molecule has 0 amide bonds. The molecule has 0 radical (unpaired) electrons. The van der Waals surface area contributed by atoms with Crippen LogP contribution in [0.15, 0.2) is 90.7 Å². The first-order valence-electron chi connectivity index (χ1n) is 11.9. The Labute approximate surface area is 253 Å². The summed E-state index contributed by atoms with van der Waals surface area (Å²) in [5.41, 5.74) is 4.41. The van der Waals surface area contributed by atoms with Gasteiger partial charge >= 0.3 is 8.25 Å². The lowest BCUT2D eigenvalue weighted by molar-refractivity contribution is 0.216. The molecule has 6 rings (SSSR count). The van der Waals surface area contributed by atoms with E-state index in [4.69, 9.17) is 9.05 Å². The van der Waals surface area contributed by atoms with Crippen molar-refractivity contribution in [3.8, 4) is 0 Å². The van der Waals surface area contributed by atoms with Crippen LogP contribution in [0, 0.1) is 0 Å². The molecule has 0 saturated carbocycles. The van der Waals surface area contributed by atoms with Crippen LogP contribution in [0.1, 0.15) is 0 Å². The molecule has 0 bridgehead atoms. The summed E-state index contributed by atoms with van der Waals surface area (Å²) in [6, 6.07) is 25.0. The fraction of sp³-hybridized carbons (Fsp3) is 0.143. The summed E-state index contributed by atoms with van der Waals surface area (Å²) in [6.07, 6.45) is 0. The topological polar surface area (TPSA) is 45.4 Å². The van der Waals surface area contributed by atoms with Crippen LogP contribution in [0.3, 0.4) is 0 Å². The fourth-order valence-electron chi connectivity index (χ4n) is 5.03. The highest BCUT2D eigenvalue weighted by Crippen LogP contribution is 2.35. The van der Waals surface area contributed by atoms with Gasteiger partial charge in [-0.05, 0) is 72.8 Å². The minimum absolute atomic E-state index is 0.275. The smallest absolute Gasteiger partial charge is 0.338 e. The Bertz CT molecular complexity index is 1610. The molecule has 2 heterocycles. The molecule has 0 saturated heterocycles. The highest BCUT2D eigenvalue weighted by Gasteiger charge is 2.22. The predicted octanol–water partition coefficient (Wildman–Crippen LogP) is 10.3. The lowest BCUT2D eigenvalue weighted by Gasteiger charge is -2.06. The highest BCUT2D eigenvalue weighted by molar-refractivity contribution is 9.11. The predicted molar refractivity (Wildman–Crippen MR) is 169 cm³/mol. The van der Waals surface area contributed by atoms with E-state index in [1.807, 2.05) is 24.3 Å². The Hall–Kier alpha value is -1.58. The molecule has 38 heavy (non-hydrogen) atoms. The van der Waals surface area contributed by atoms with Crippen molar-refractivity contribution in [3.05, 3.63) is 90.7 Å². The van der Waals surface area contributed by atoms with Gasteiger partial charge in [0.2, 0.25) is 0 Å². The number of benzene rings is 4. The maximum absolute atomic E-state index is 12.6. The highest BCUT2D eigenvalue weighted by atomic mass is 79.9. The lowest BCUT2D eigenvalue weighted by atomic mass is 10.2. The van der Waals surface area contributed by atoms with E-state index in [1.165, 1.54) is 0 Å². The van der Waals surface area contributed by atoms with Crippen LogP contribution in [0.2, 0.25) is 0 Å². The van der Waals surface area contributed by atoms with E-state index in [-0.39, 0.29) is 13.2 Å². The van der Waals surface area contributed by atoms with Gasteiger partial charge in [0.05, 0.1) is 13.1 Å². The molecule has 10 heteroatoms. The number of aromatic nitrogens is 2.